The van der Waals surface area contributed by atoms with Crippen LogP contribution in [0.25, 0.3) is 0 Å². The van der Waals surface area contributed by atoms with Crippen LogP contribution < -0.4 is 0 Å². The molecule has 9 atom stereocenters. The number of ether oxygens (including phenoxy) is 1. The third-order valence-corrected chi connectivity index (χ3v) is 8.28. The zero-order valence-corrected chi connectivity index (χ0v) is 15.9. The van der Waals surface area contributed by atoms with Gasteiger partial charge in [-0.25, -0.2) is 0 Å². The van der Waals surface area contributed by atoms with Crippen molar-refractivity contribution >= 4 is 11.8 Å². The van der Waals surface area contributed by atoms with Gasteiger partial charge in [0.1, 0.15) is 6.10 Å². The normalized spacial score (nSPS) is 52.8. The fourth-order valence-electron chi connectivity index (χ4n) is 6.97. The molecule has 0 aromatic carbocycles. The van der Waals surface area contributed by atoms with Gasteiger partial charge in [0.05, 0.1) is 12.2 Å². The van der Waals surface area contributed by atoms with Crippen LogP contribution in [0, 0.1) is 34.5 Å². The molecule has 5 heteroatoms. The van der Waals surface area contributed by atoms with E-state index in [1.165, 1.54) is 6.92 Å². The molecule has 0 aromatic rings. The number of fused-ring (bicyclic) bond motifs is 5. The number of hydrogen-bond acceptors (Lipinski definition) is 5. The third-order valence-electron chi connectivity index (χ3n) is 8.28. The number of ketones is 1. The van der Waals surface area contributed by atoms with E-state index >= 15 is 0 Å². The van der Waals surface area contributed by atoms with Crippen LogP contribution in [0.3, 0.4) is 0 Å². The van der Waals surface area contributed by atoms with Crippen LogP contribution in [0.15, 0.2) is 12.2 Å². The molecule has 4 rings (SSSR count). The lowest BCUT2D eigenvalue weighted by Crippen LogP contribution is -2.58. The number of hydrogen-bond donors (Lipinski definition) is 2. The molecule has 26 heavy (non-hydrogen) atoms. The molecule has 144 valence electrons. The molecule has 0 spiro atoms. The van der Waals surface area contributed by atoms with Crippen molar-refractivity contribution in [2.75, 3.05) is 0 Å². The number of carbonyl (C=O) groups excluding carboxylic acids is 2. The van der Waals surface area contributed by atoms with Crippen LogP contribution in [0.5, 0.6) is 0 Å². The molecule has 0 aromatic heterocycles. The van der Waals surface area contributed by atoms with Gasteiger partial charge in [-0.1, -0.05) is 19.9 Å². The van der Waals surface area contributed by atoms with Crippen LogP contribution in [0.2, 0.25) is 0 Å². The average molecular weight is 362 g/mol. The Bertz CT molecular complexity index is 657. The summed E-state index contributed by atoms with van der Waals surface area (Å²) < 4.78 is 5.53. The first-order valence-corrected chi connectivity index (χ1v) is 9.92. The van der Waals surface area contributed by atoms with Gasteiger partial charge in [-0.15, -0.1) is 0 Å². The Labute approximate surface area is 154 Å². The monoisotopic (exact) mass is 362 g/mol. The lowest BCUT2D eigenvalue weighted by atomic mass is 9.45. The summed E-state index contributed by atoms with van der Waals surface area (Å²) in [6.45, 7) is 5.74. The molecule has 0 radical (unpaired) electrons. The van der Waals surface area contributed by atoms with Gasteiger partial charge in [0.15, 0.2) is 5.78 Å². The molecule has 0 saturated heterocycles. The second kappa shape index (κ2) is 5.90. The number of aliphatic hydroxyl groups excluding tert-OH is 2. The van der Waals surface area contributed by atoms with E-state index in [0.717, 1.165) is 12.8 Å². The Kier molecular flexibility index (Phi) is 4.12. The first-order valence-electron chi connectivity index (χ1n) is 9.92. The van der Waals surface area contributed by atoms with Gasteiger partial charge in [0.25, 0.3) is 0 Å². The van der Waals surface area contributed by atoms with Crippen LogP contribution in [-0.2, 0) is 14.3 Å². The van der Waals surface area contributed by atoms with E-state index in [9.17, 15) is 19.8 Å². The second-order valence-corrected chi connectivity index (χ2v) is 9.54. The predicted molar refractivity (Wildman–Crippen MR) is 95.0 cm³/mol. The predicted octanol–water partition coefficient (Wildman–Crippen LogP) is 2.25. The Morgan fingerprint density at radius 1 is 1.19 bits per heavy atom. The fourth-order valence-corrected chi connectivity index (χ4v) is 6.97. The van der Waals surface area contributed by atoms with E-state index in [4.69, 9.17) is 4.74 Å². The molecule has 4 aliphatic rings. The largest absolute Gasteiger partial charge is 0.459 e. The minimum Gasteiger partial charge on any atom is -0.459 e. The summed E-state index contributed by atoms with van der Waals surface area (Å²) in [4.78, 5) is 23.5. The third kappa shape index (κ3) is 2.43. The Morgan fingerprint density at radius 3 is 2.62 bits per heavy atom. The maximum Gasteiger partial charge on any atom is 0.303 e. The minimum absolute atomic E-state index is 0.0723. The number of allylic oxidation sites excluding steroid dienone is 2. The summed E-state index contributed by atoms with van der Waals surface area (Å²) in [5.74, 6) is 0.480. The Morgan fingerprint density at radius 2 is 1.92 bits per heavy atom. The first-order chi connectivity index (χ1) is 12.2. The molecule has 5 nitrogen and oxygen atoms in total. The number of aliphatic hydroxyl groups is 2. The molecule has 4 aliphatic carbocycles. The quantitative estimate of drug-likeness (QED) is 0.699. The number of rotatable bonds is 1. The summed E-state index contributed by atoms with van der Waals surface area (Å²) in [6, 6.07) is 0. The molecule has 3 unspecified atom stereocenters. The summed E-state index contributed by atoms with van der Waals surface area (Å²) in [7, 11) is 0. The van der Waals surface area contributed by atoms with E-state index in [-0.39, 0.29) is 40.3 Å². The number of esters is 1. The van der Waals surface area contributed by atoms with E-state index in [2.05, 4.69) is 19.9 Å². The van der Waals surface area contributed by atoms with Gasteiger partial charge in [-0.2, -0.15) is 0 Å². The summed E-state index contributed by atoms with van der Waals surface area (Å²) in [5, 5.41) is 21.7. The molecule has 0 heterocycles. The number of carbonyl (C=O) groups is 2. The van der Waals surface area contributed by atoms with Crippen molar-refractivity contribution in [3.63, 3.8) is 0 Å². The maximum atomic E-state index is 11.9. The average Bonchev–Trinajstić information content (AvgIpc) is 2.80. The zero-order chi connectivity index (χ0) is 18.9. The van der Waals surface area contributed by atoms with Crippen LogP contribution >= 0.6 is 0 Å². The van der Waals surface area contributed by atoms with Crippen molar-refractivity contribution in [1.29, 1.82) is 0 Å². The van der Waals surface area contributed by atoms with Crippen molar-refractivity contribution in [2.45, 2.75) is 71.2 Å². The lowest BCUT2D eigenvalue weighted by Gasteiger charge is -2.59. The summed E-state index contributed by atoms with van der Waals surface area (Å²) >= 11 is 0. The smallest absolute Gasteiger partial charge is 0.303 e. The Hall–Kier alpha value is -1.20. The highest BCUT2D eigenvalue weighted by Crippen LogP contribution is 2.65. The summed E-state index contributed by atoms with van der Waals surface area (Å²) in [6.07, 6.45) is 5.69. The molecule has 0 aliphatic heterocycles. The minimum atomic E-state index is -0.672. The fraction of sp³-hybridized carbons (Fsp3) is 0.810. The van der Waals surface area contributed by atoms with Crippen molar-refractivity contribution in [2.24, 2.45) is 34.5 Å². The topological polar surface area (TPSA) is 83.8 Å². The molecule has 3 saturated carbocycles. The van der Waals surface area contributed by atoms with Crippen molar-refractivity contribution in [3.8, 4) is 0 Å². The van der Waals surface area contributed by atoms with Gasteiger partial charge in [0, 0.05) is 18.8 Å². The summed E-state index contributed by atoms with van der Waals surface area (Å²) in [5.41, 5.74) is -0.381. The highest BCUT2D eigenvalue weighted by atomic mass is 16.6. The van der Waals surface area contributed by atoms with Crippen molar-refractivity contribution < 1.29 is 24.5 Å². The van der Waals surface area contributed by atoms with Gasteiger partial charge in [0.2, 0.25) is 0 Å². The molecule has 0 bridgehead atoms. The standard InChI is InChI=1S/C21H30O5/c1-11(22)26-19-17(25)10-15-18-14(5-7-21(15,19)3)20(2)6-4-13(23)8-12(20)9-16(18)24/h4,6,12,14-19,24-25H,5,7-10H2,1-3H3/t12-,14?,15?,16+,17-,18?,19+,20+,21+/m1/s1. The highest BCUT2D eigenvalue weighted by Gasteiger charge is 2.64. The van der Waals surface area contributed by atoms with E-state index in [1.54, 1.807) is 6.08 Å². The van der Waals surface area contributed by atoms with Crippen molar-refractivity contribution in [1.82, 2.24) is 0 Å². The second-order valence-electron chi connectivity index (χ2n) is 9.54. The molecular weight excluding hydrogens is 332 g/mol. The maximum absolute atomic E-state index is 11.9. The van der Waals surface area contributed by atoms with Gasteiger partial charge in [-0.3, -0.25) is 9.59 Å². The molecular formula is C21H30O5. The van der Waals surface area contributed by atoms with Gasteiger partial charge >= 0.3 is 5.97 Å². The Balaban J connectivity index is 1.69. The van der Waals surface area contributed by atoms with Crippen LogP contribution in [0.4, 0.5) is 0 Å². The lowest BCUT2D eigenvalue weighted by molar-refractivity contribution is -0.172. The zero-order valence-electron chi connectivity index (χ0n) is 15.9. The first kappa shape index (κ1) is 18.2. The van der Waals surface area contributed by atoms with Gasteiger partial charge < -0.3 is 14.9 Å². The molecule has 3 fully saturated rings. The SMILES string of the molecule is CC(=O)O[C@H]1[C@H](O)CC2C3C(CC[C@@]21C)[C@@]1(C)C=CC(=O)C[C@@H]1C[C@@H]3O. The van der Waals surface area contributed by atoms with E-state index in [0.29, 0.717) is 25.2 Å². The van der Waals surface area contributed by atoms with Crippen LogP contribution in [-0.4, -0.2) is 40.3 Å². The van der Waals surface area contributed by atoms with Crippen LogP contribution in [0.1, 0.15) is 52.9 Å². The molecule has 0 amide bonds. The van der Waals surface area contributed by atoms with Crippen molar-refractivity contribution in [3.05, 3.63) is 12.2 Å². The molecule has 2 N–H and O–H groups in total. The van der Waals surface area contributed by atoms with Gasteiger partial charge in [-0.05, 0) is 60.8 Å². The van der Waals surface area contributed by atoms with E-state index < -0.39 is 18.3 Å². The highest BCUT2D eigenvalue weighted by molar-refractivity contribution is 5.91. The van der Waals surface area contributed by atoms with E-state index in [1.807, 2.05) is 0 Å².